The van der Waals surface area contributed by atoms with Crippen molar-refractivity contribution in [1.29, 1.82) is 0 Å². The third-order valence-corrected chi connectivity index (χ3v) is 14.7. The molecule has 0 amide bonds. The fraction of sp³-hybridized carbons (Fsp3) is 0.491. The molecular formula is C53H76N5O3S2+3. The Morgan fingerprint density at radius 2 is 1.49 bits per heavy atom. The summed E-state index contributed by atoms with van der Waals surface area (Å²) >= 11 is 1.86. The normalized spacial score (nSPS) is 19.2. The van der Waals surface area contributed by atoms with Gasteiger partial charge in [0, 0.05) is 68.5 Å². The highest BCUT2D eigenvalue weighted by Crippen LogP contribution is 2.49. The Morgan fingerprint density at radius 3 is 2.13 bits per heavy atom. The highest BCUT2D eigenvalue weighted by atomic mass is 32.2. The summed E-state index contributed by atoms with van der Waals surface area (Å²) in [5.74, 6) is 0. The minimum absolute atomic E-state index is 0.0346. The van der Waals surface area contributed by atoms with Gasteiger partial charge in [-0.3, -0.25) is 4.55 Å². The van der Waals surface area contributed by atoms with E-state index >= 15 is 0 Å². The summed E-state index contributed by atoms with van der Waals surface area (Å²) in [6.07, 6.45) is 14.5. The van der Waals surface area contributed by atoms with E-state index in [1.807, 2.05) is 17.8 Å². The van der Waals surface area contributed by atoms with Crippen LogP contribution >= 0.6 is 11.8 Å². The van der Waals surface area contributed by atoms with E-state index in [9.17, 15) is 13.0 Å². The molecule has 2 N–H and O–H groups in total. The van der Waals surface area contributed by atoms with Crippen LogP contribution in [0.15, 0.2) is 117 Å². The maximum atomic E-state index is 12.4. The molecule has 0 saturated heterocycles. The van der Waals surface area contributed by atoms with Gasteiger partial charge in [0.2, 0.25) is 5.69 Å². The van der Waals surface area contributed by atoms with Crippen LogP contribution in [-0.2, 0) is 20.9 Å². The SMILES string of the molecule is Cc1ccc2c(c1)C(C)(C)C(=CC=C1CCCC(C=CC3=[N+](CCC[N+](C)(C)C)c4ccc(S(=O)(=O)O)cc4C3(C)C)=C1Sc1ccc(NC(C)(C)C)cc1)N2CCC[N+](C)(C)C. The van der Waals surface area contributed by atoms with E-state index in [2.05, 4.69) is 179 Å². The highest BCUT2D eigenvalue weighted by molar-refractivity contribution is 8.03. The summed E-state index contributed by atoms with van der Waals surface area (Å²) < 4.78 is 39.0. The van der Waals surface area contributed by atoms with E-state index in [4.69, 9.17) is 0 Å². The molecule has 0 fully saturated rings. The molecule has 10 heteroatoms. The van der Waals surface area contributed by atoms with Gasteiger partial charge in [0.25, 0.3) is 10.1 Å². The Kier molecular flexibility index (Phi) is 14.0. The largest absolute Gasteiger partial charge is 0.380 e. The first kappa shape index (κ1) is 48.5. The molecule has 6 rings (SSSR count). The Balaban J connectivity index is 1.47. The van der Waals surface area contributed by atoms with Gasteiger partial charge in [-0.1, -0.05) is 55.5 Å². The predicted molar refractivity (Wildman–Crippen MR) is 268 cm³/mol. The van der Waals surface area contributed by atoms with Crippen LogP contribution in [0.4, 0.5) is 17.1 Å². The molecule has 0 unspecified atom stereocenters. The predicted octanol–water partition coefficient (Wildman–Crippen LogP) is 11.4. The molecule has 0 aromatic heterocycles. The number of hydrogen-bond acceptors (Lipinski definition) is 5. The Morgan fingerprint density at radius 1 is 0.825 bits per heavy atom. The van der Waals surface area contributed by atoms with Crippen LogP contribution < -0.4 is 10.2 Å². The molecule has 3 aromatic rings. The van der Waals surface area contributed by atoms with Crippen molar-refractivity contribution in [3.8, 4) is 0 Å². The van der Waals surface area contributed by atoms with E-state index in [-0.39, 0.29) is 15.8 Å². The monoisotopic (exact) mass is 895 g/mol. The van der Waals surface area contributed by atoms with Gasteiger partial charge in [-0.2, -0.15) is 13.0 Å². The minimum atomic E-state index is -4.36. The number of thioether (sulfide) groups is 1. The van der Waals surface area contributed by atoms with Gasteiger partial charge >= 0.3 is 0 Å². The van der Waals surface area contributed by atoms with Gasteiger partial charge in [-0.25, -0.2) is 0 Å². The van der Waals surface area contributed by atoms with E-state index in [1.165, 1.54) is 49.5 Å². The lowest BCUT2D eigenvalue weighted by atomic mass is 9.81. The van der Waals surface area contributed by atoms with Gasteiger partial charge in [0.1, 0.15) is 0 Å². The lowest BCUT2D eigenvalue weighted by molar-refractivity contribution is -0.871. The number of nitrogens with zero attached hydrogens (tertiary/aromatic N) is 4. The van der Waals surface area contributed by atoms with Crippen LogP contribution in [0.5, 0.6) is 0 Å². The van der Waals surface area contributed by atoms with E-state index < -0.39 is 15.5 Å². The topological polar surface area (TPSA) is 72.6 Å². The fourth-order valence-electron chi connectivity index (χ4n) is 9.36. The molecule has 0 bridgehead atoms. The first-order valence-corrected chi connectivity index (χ1v) is 25.1. The number of aryl methyl sites for hydroxylation is 1. The van der Waals surface area contributed by atoms with Crippen LogP contribution in [-0.4, -0.2) is 106 Å². The third-order valence-electron chi connectivity index (χ3n) is 12.6. The fourth-order valence-corrected chi connectivity index (χ4v) is 11.0. The van der Waals surface area contributed by atoms with Crippen molar-refractivity contribution < 1.29 is 26.5 Å². The van der Waals surface area contributed by atoms with Crippen molar-refractivity contribution in [2.45, 2.75) is 114 Å². The second-order valence-corrected chi connectivity index (χ2v) is 24.6. The smallest absolute Gasteiger partial charge is 0.294 e. The highest BCUT2D eigenvalue weighted by Gasteiger charge is 2.45. The average molecular weight is 895 g/mol. The van der Waals surface area contributed by atoms with Crippen LogP contribution in [0.3, 0.4) is 0 Å². The molecule has 8 nitrogen and oxygen atoms in total. The first-order chi connectivity index (χ1) is 29.1. The molecule has 1 aliphatic carbocycles. The summed E-state index contributed by atoms with van der Waals surface area (Å²) in [6, 6.07) is 20.9. The number of anilines is 2. The third kappa shape index (κ3) is 11.7. The number of quaternary nitrogens is 2. The number of nitrogens with one attached hydrogen (secondary N) is 1. The number of allylic oxidation sites excluding steroid dienone is 7. The van der Waals surface area contributed by atoms with E-state index in [1.54, 1.807) is 6.07 Å². The second-order valence-electron chi connectivity index (χ2n) is 22.1. The van der Waals surface area contributed by atoms with Gasteiger partial charge in [0.15, 0.2) is 12.3 Å². The lowest BCUT2D eigenvalue weighted by Crippen LogP contribution is -2.37. The Bertz CT molecular complexity index is 2470. The van der Waals surface area contributed by atoms with Gasteiger partial charge in [0.05, 0.1) is 72.1 Å². The van der Waals surface area contributed by atoms with Crippen LogP contribution in [0, 0.1) is 6.92 Å². The minimum Gasteiger partial charge on any atom is -0.380 e. The van der Waals surface area contributed by atoms with Crippen LogP contribution in [0.2, 0.25) is 0 Å². The Labute approximate surface area is 385 Å². The Hall–Kier alpha value is -3.93. The molecule has 3 aromatic carbocycles. The quantitative estimate of drug-likeness (QED) is 0.0900. The van der Waals surface area contributed by atoms with Crippen molar-refractivity contribution >= 4 is 44.7 Å². The molecule has 2 heterocycles. The molecule has 0 radical (unpaired) electrons. The van der Waals surface area contributed by atoms with E-state index in [0.29, 0.717) is 0 Å². The number of benzene rings is 3. The average Bonchev–Trinajstić information content (AvgIpc) is 3.49. The maximum Gasteiger partial charge on any atom is 0.294 e. The standard InChI is InChI=1S/C53H75N5O3S2/c1-38-20-28-46-44(36-38)52(5,6)48(55(46)32-16-34-57(9,10)11)30-21-39-18-15-19-40(50(39)62-42-25-23-41(24-26-42)54-51(2,3)4)22-31-49-53(7,8)45-37-43(63(59,60)61)27-29-47(45)56(49)33-17-35-58(12,13)14/h20-31,36-37,54H,15-19,32-35H2,1-14H3/q+2/p+1. The van der Waals surface area contributed by atoms with Crippen molar-refractivity contribution in [1.82, 2.24) is 0 Å². The zero-order chi connectivity index (χ0) is 46.3. The maximum absolute atomic E-state index is 12.4. The summed E-state index contributed by atoms with van der Waals surface area (Å²) in [6.45, 7) is 21.7. The van der Waals surface area contributed by atoms with Crippen molar-refractivity contribution in [2.24, 2.45) is 0 Å². The number of hydrogen-bond donors (Lipinski definition) is 2. The second kappa shape index (κ2) is 18.2. The molecule has 0 spiro atoms. The van der Waals surface area contributed by atoms with Crippen LogP contribution in [0.25, 0.3) is 0 Å². The van der Waals surface area contributed by atoms with Gasteiger partial charge in [-0.05, 0) is 126 Å². The summed E-state index contributed by atoms with van der Waals surface area (Å²) in [4.78, 5) is 5.01. The zero-order valence-corrected chi connectivity index (χ0v) is 42.4. The first-order valence-electron chi connectivity index (χ1n) is 22.8. The van der Waals surface area contributed by atoms with Gasteiger partial charge < -0.3 is 19.2 Å². The van der Waals surface area contributed by atoms with E-state index in [0.717, 1.165) is 89.9 Å². The van der Waals surface area contributed by atoms with Crippen molar-refractivity contribution in [2.75, 3.05) is 78.7 Å². The summed E-state index contributed by atoms with van der Waals surface area (Å²) in [7, 11) is 9.11. The molecule has 3 aliphatic rings. The van der Waals surface area contributed by atoms with Gasteiger partial charge in [-0.15, -0.1) is 0 Å². The molecule has 2 aliphatic heterocycles. The number of rotatable bonds is 15. The lowest BCUT2D eigenvalue weighted by Gasteiger charge is -2.29. The van der Waals surface area contributed by atoms with Crippen LogP contribution in [0.1, 0.15) is 97.3 Å². The molecule has 63 heavy (non-hydrogen) atoms. The van der Waals surface area contributed by atoms with Crippen molar-refractivity contribution in [3.63, 3.8) is 0 Å². The molecule has 0 saturated carbocycles. The summed E-state index contributed by atoms with van der Waals surface area (Å²) in [5.41, 5.74) is 11.5. The zero-order valence-electron chi connectivity index (χ0n) is 40.8. The molecule has 340 valence electrons. The van der Waals surface area contributed by atoms with Crippen molar-refractivity contribution in [3.05, 3.63) is 123 Å². The summed E-state index contributed by atoms with van der Waals surface area (Å²) in [5, 5.41) is 3.62. The molecule has 0 atom stereocenters. The number of fused-ring (bicyclic) bond motifs is 2. The molecular weight excluding hydrogens is 819 g/mol.